The highest BCUT2D eigenvalue weighted by atomic mass is 15.1. The molecule has 25 heavy (non-hydrogen) atoms. The van der Waals surface area contributed by atoms with Gasteiger partial charge in [0.25, 0.3) is 0 Å². The number of benzene rings is 1. The lowest BCUT2D eigenvalue weighted by atomic mass is 9.81. The Bertz CT molecular complexity index is 666. The van der Waals surface area contributed by atoms with E-state index in [-0.39, 0.29) is 5.41 Å². The average Bonchev–Trinajstić information content (AvgIpc) is 3.06. The van der Waals surface area contributed by atoms with Crippen molar-refractivity contribution in [1.29, 1.82) is 0 Å². The number of rotatable bonds is 6. The number of hydrogen-bond donors (Lipinski definition) is 0. The lowest BCUT2D eigenvalue weighted by Gasteiger charge is -2.16. The zero-order valence-corrected chi connectivity index (χ0v) is 16.8. The van der Waals surface area contributed by atoms with E-state index in [0.29, 0.717) is 0 Å². The van der Waals surface area contributed by atoms with Gasteiger partial charge in [-0.15, -0.1) is 0 Å². The Kier molecular flexibility index (Phi) is 5.36. The van der Waals surface area contributed by atoms with Crippen molar-refractivity contribution in [1.82, 2.24) is 4.90 Å². The van der Waals surface area contributed by atoms with Crippen LogP contribution in [0, 0.1) is 11.8 Å². The second kappa shape index (κ2) is 7.35. The van der Waals surface area contributed by atoms with Gasteiger partial charge in [-0.1, -0.05) is 38.0 Å². The first-order valence-electron chi connectivity index (χ1n) is 9.98. The van der Waals surface area contributed by atoms with Crippen LogP contribution < -0.4 is 0 Å². The number of nitrogens with zero attached hydrogens (tertiary/aromatic N) is 2. The van der Waals surface area contributed by atoms with Crippen LogP contribution in [0.4, 0.5) is 5.69 Å². The normalized spacial score (nSPS) is 25.0. The van der Waals surface area contributed by atoms with Crippen molar-refractivity contribution >= 4 is 11.4 Å². The van der Waals surface area contributed by atoms with E-state index < -0.39 is 0 Å². The predicted molar refractivity (Wildman–Crippen MR) is 108 cm³/mol. The molecule has 2 heteroatoms. The zero-order valence-electron chi connectivity index (χ0n) is 16.8. The molecule has 0 spiro atoms. The minimum Gasteiger partial charge on any atom is -0.383 e. The van der Waals surface area contributed by atoms with Crippen LogP contribution in [0.2, 0.25) is 0 Å². The first kappa shape index (κ1) is 18.2. The Hall–Kier alpha value is -1.57. The number of fused-ring (bicyclic) bond motifs is 1. The molecule has 2 nitrogen and oxygen atoms in total. The summed E-state index contributed by atoms with van der Waals surface area (Å²) in [5.74, 6) is 1.91. The third kappa shape index (κ3) is 3.83. The highest BCUT2D eigenvalue weighted by molar-refractivity contribution is 6.02. The Morgan fingerprint density at radius 1 is 1.20 bits per heavy atom. The van der Waals surface area contributed by atoms with Gasteiger partial charge in [0.05, 0.1) is 5.41 Å². The fourth-order valence-corrected chi connectivity index (χ4v) is 4.73. The van der Waals surface area contributed by atoms with Crippen molar-refractivity contribution < 1.29 is 4.58 Å². The summed E-state index contributed by atoms with van der Waals surface area (Å²) in [4.78, 5) is 2.13. The third-order valence-electron chi connectivity index (χ3n) is 6.13. The lowest BCUT2D eigenvalue weighted by molar-refractivity contribution is -0.438. The molecule has 0 saturated heterocycles. The SMILES string of the molecule is CC1CCC(CCC[N+]2=C(/C=C/N(C)C)C(C)(C)c3ccccc32)C1. The second-order valence-corrected chi connectivity index (χ2v) is 8.88. The van der Waals surface area contributed by atoms with E-state index in [1.807, 2.05) is 0 Å². The minimum absolute atomic E-state index is 0.0744. The summed E-state index contributed by atoms with van der Waals surface area (Å²) >= 11 is 0. The maximum atomic E-state index is 2.58. The van der Waals surface area contributed by atoms with Crippen LogP contribution in [0.15, 0.2) is 36.5 Å². The number of para-hydroxylation sites is 1. The molecule has 0 amide bonds. The fraction of sp³-hybridized carbons (Fsp3) is 0.609. The summed E-state index contributed by atoms with van der Waals surface area (Å²) in [6, 6.07) is 8.96. The molecule has 0 bridgehead atoms. The first-order valence-corrected chi connectivity index (χ1v) is 9.98. The first-order chi connectivity index (χ1) is 11.9. The molecule has 1 fully saturated rings. The van der Waals surface area contributed by atoms with Crippen LogP contribution in [0.25, 0.3) is 0 Å². The Morgan fingerprint density at radius 2 is 1.96 bits per heavy atom. The van der Waals surface area contributed by atoms with E-state index in [2.05, 4.69) is 80.9 Å². The fourth-order valence-electron chi connectivity index (χ4n) is 4.73. The molecule has 1 aliphatic carbocycles. The highest BCUT2D eigenvalue weighted by Crippen LogP contribution is 2.40. The van der Waals surface area contributed by atoms with E-state index in [1.165, 1.54) is 49.1 Å². The van der Waals surface area contributed by atoms with Crippen molar-refractivity contribution in [3.05, 3.63) is 42.1 Å². The van der Waals surface area contributed by atoms with Crippen molar-refractivity contribution in [3.63, 3.8) is 0 Å². The van der Waals surface area contributed by atoms with Crippen molar-refractivity contribution in [2.75, 3.05) is 20.6 Å². The summed E-state index contributed by atoms with van der Waals surface area (Å²) in [5, 5.41) is 0. The molecule has 2 atom stereocenters. The van der Waals surface area contributed by atoms with Gasteiger partial charge in [0, 0.05) is 44.4 Å². The van der Waals surface area contributed by atoms with Gasteiger partial charge in [-0.25, -0.2) is 0 Å². The summed E-state index contributed by atoms with van der Waals surface area (Å²) in [6.45, 7) is 8.27. The minimum atomic E-state index is 0.0744. The standard InChI is InChI=1S/C23H35N2/c1-18-12-13-19(17-18)9-8-15-25-21-11-7-6-10-20(21)23(2,3)22(25)14-16-24(4)5/h6-7,10-11,14,16,18-19H,8-9,12-13,15,17H2,1-5H3/q+1. The van der Waals surface area contributed by atoms with Crippen molar-refractivity contribution in [2.24, 2.45) is 11.8 Å². The van der Waals surface area contributed by atoms with E-state index >= 15 is 0 Å². The van der Waals surface area contributed by atoms with Crippen molar-refractivity contribution in [2.45, 2.75) is 58.3 Å². The number of hydrogen-bond acceptors (Lipinski definition) is 1. The van der Waals surface area contributed by atoms with Gasteiger partial charge in [-0.3, -0.25) is 0 Å². The van der Waals surface area contributed by atoms with Crippen molar-refractivity contribution in [3.8, 4) is 0 Å². The molecule has 2 unspecified atom stereocenters. The van der Waals surface area contributed by atoms with Gasteiger partial charge in [0.15, 0.2) is 5.71 Å². The quantitative estimate of drug-likeness (QED) is 0.633. The van der Waals surface area contributed by atoms with Crippen LogP contribution in [-0.2, 0) is 5.41 Å². The van der Waals surface area contributed by atoms with Crippen LogP contribution in [-0.4, -0.2) is 35.8 Å². The second-order valence-electron chi connectivity index (χ2n) is 8.88. The molecule has 3 rings (SSSR count). The predicted octanol–water partition coefficient (Wildman–Crippen LogP) is 5.35. The molecule has 0 N–H and O–H groups in total. The van der Waals surface area contributed by atoms with Gasteiger partial charge in [-0.05, 0) is 38.5 Å². The van der Waals surface area contributed by atoms with Gasteiger partial charge < -0.3 is 4.90 Å². The van der Waals surface area contributed by atoms with E-state index in [1.54, 1.807) is 0 Å². The molecule has 1 aromatic carbocycles. The molecule has 1 heterocycles. The summed E-state index contributed by atoms with van der Waals surface area (Å²) in [5.41, 5.74) is 4.38. The third-order valence-corrected chi connectivity index (χ3v) is 6.13. The molecule has 1 aliphatic heterocycles. The van der Waals surface area contributed by atoms with E-state index in [4.69, 9.17) is 0 Å². The highest BCUT2D eigenvalue weighted by Gasteiger charge is 2.43. The lowest BCUT2D eigenvalue weighted by Crippen LogP contribution is -2.28. The molecular formula is C23H35N2+. The molecular weight excluding hydrogens is 304 g/mol. The molecule has 1 aromatic rings. The zero-order chi connectivity index (χ0) is 18.0. The molecule has 1 saturated carbocycles. The largest absolute Gasteiger partial charge is 0.383 e. The summed E-state index contributed by atoms with van der Waals surface area (Å²) in [7, 11) is 4.19. The van der Waals surface area contributed by atoms with Crippen LogP contribution in [0.1, 0.15) is 58.4 Å². The van der Waals surface area contributed by atoms with Crippen LogP contribution >= 0.6 is 0 Å². The van der Waals surface area contributed by atoms with Gasteiger partial charge in [-0.2, -0.15) is 4.58 Å². The Balaban J connectivity index is 1.81. The molecule has 2 aliphatic rings. The molecule has 0 aromatic heterocycles. The molecule has 0 radical (unpaired) electrons. The van der Waals surface area contributed by atoms with E-state index in [9.17, 15) is 0 Å². The van der Waals surface area contributed by atoms with Gasteiger partial charge in [0.1, 0.15) is 6.54 Å². The maximum Gasteiger partial charge on any atom is 0.209 e. The topological polar surface area (TPSA) is 6.25 Å². The van der Waals surface area contributed by atoms with Gasteiger partial charge >= 0.3 is 0 Å². The average molecular weight is 340 g/mol. The summed E-state index contributed by atoms with van der Waals surface area (Å²) in [6.07, 6.45) is 11.5. The Morgan fingerprint density at radius 3 is 2.64 bits per heavy atom. The monoisotopic (exact) mass is 339 g/mol. The maximum absolute atomic E-state index is 2.58. The smallest absolute Gasteiger partial charge is 0.209 e. The van der Waals surface area contributed by atoms with Crippen LogP contribution in [0.3, 0.4) is 0 Å². The van der Waals surface area contributed by atoms with E-state index in [0.717, 1.165) is 18.4 Å². The van der Waals surface area contributed by atoms with Crippen LogP contribution in [0.5, 0.6) is 0 Å². The molecule has 136 valence electrons. The van der Waals surface area contributed by atoms with Gasteiger partial charge in [0.2, 0.25) is 5.69 Å². The number of allylic oxidation sites excluding steroid dienone is 1. The Labute approximate surface area is 154 Å². The summed E-state index contributed by atoms with van der Waals surface area (Å²) < 4.78 is 2.58.